The summed E-state index contributed by atoms with van der Waals surface area (Å²) in [4.78, 5) is 18.7. The lowest BCUT2D eigenvalue weighted by molar-refractivity contribution is -0.699. The summed E-state index contributed by atoms with van der Waals surface area (Å²) in [6.07, 6.45) is 10.1. The van der Waals surface area contributed by atoms with Gasteiger partial charge in [-0.05, 0) is 55.5 Å². The molecule has 3 heterocycles. The molecule has 0 radical (unpaired) electrons. The van der Waals surface area contributed by atoms with Crippen molar-refractivity contribution in [2.45, 2.75) is 37.5 Å². The summed E-state index contributed by atoms with van der Waals surface area (Å²) in [5.74, 6) is 3.16. The average molecular weight is 437 g/mol. The number of nitrogens with one attached hydrogen (secondary N) is 4. The van der Waals surface area contributed by atoms with Gasteiger partial charge in [0.2, 0.25) is 17.6 Å². The number of rotatable bonds is 8. The van der Waals surface area contributed by atoms with E-state index in [9.17, 15) is 4.79 Å². The van der Waals surface area contributed by atoms with Crippen molar-refractivity contribution in [3.8, 4) is 0 Å². The van der Waals surface area contributed by atoms with Crippen molar-refractivity contribution in [3.63, 3.8) is 0 Å². The van der Waals surface area contributed by atoms with Crippen LogP contribution in [0.3, 0.4) is 0 Å². The highest BCUT2D eigenvalue weighted by Crippen LogP contribution is 2.31. The molecule has 0 spiro atoms. The largest absolute Gasteiger partial charge is 0.326 e. The van der Waals surface area contributed by atoms with Gasteiger partial charge in [-0.2, -0.15) is 5.10 Å². The van der Waals surface area contributed by atoms with Gasteiger partial charge in [-0.3, -0.25) is 19.5 Å². The first-order valence-corrected chi connectivity index (χ1v) is 11.4. The summed E-state index contributed by atoms with van der Waals surface area (Å²) in [5, 5.41) is 13.9. The first-order valence-electron chi connectivity index (χ1n) is 10.7. The standard InChI is InChI=1S/C22H25N7OS/c1-2-3-17-12-19(27-26-17)25-21-14-28(13-20-23-10-11-29(20)21)31-18-8-6-16(7-9-18)24-22(30)15-4-5-15/h6-12,14-15H,2-5,13H2,1H3,(H,24,30)(H2,25,26,27)/p+1. The Morgan fingerprint density at radius 3 is 2.94 bits per heavy atom. The summed E-state index contributed by atoms with van der Waals surface area (Å²) in [6.45, 7) is 2.88. The van der Waals surface area contributed by atoms with Crippen LogP contribution in [0.25, 0.3) is 0 Å². The zero-order valence-electron chi connectivity index (χ0n) is 17.4. The Bertz CT molecular complexity index is 1050. The number of amides is 1. The minimum Gasteiger partial charge on any atom is -0.326 e. The van der Waals surface area contributed by atoms with Crippen LogP contribution in [0.2, 0.25) is 0 Å². The van der Waals surface area contributed by atoms with E-state index in [-0.39, 0.29) is 11.8 Å². The second-order valence-corrected chi connectivity index (χ2v) is 9.08. The number of amidine groups is 1. The van der Waals surface area contributed by atoms with E-state index < -0.39 is 0 Å². The van der Waals surface area contributed by atoms with E-state index >= 15 is 0 Å². The molecule has 0 saturated heterocycles. The fourth-order valence-electron chi connectivity index (χ4n) is 3.59. The van der Waals surface area contributed by atoms with E-state index in [1.165, 1.54) is 0 Å². The van der Waals surface area contributed by atoms with Crippen LogP contribution in [-0.2, 0) is 11.2 Å². The Morgan fingerprint density at radius 1 is 1.32 bits per heavy atom. The van der Waals surface area contributed by atoms with Crippen molar-refractivity contribution in [2.24, 2.45) is 10.9 Å². The maximum absolute atomic E-state index is 11.9. The quantitative estimate of drug-likeness (QED) is 0.478. The molecule has 0 bridgehead atoms. The van der Waals surface area contributed by atoms with Gasteiger partial charge in [-0.1, -0.05) is 13.3 Å². The molecule has 2 aromatic rings. The number of aryl methyl sites for hydroxylation is 1. The van der Waals surface area contributed by atoms with E-state index in [4.69, 9.17) is 0 Å². The monoisotopic (exact) mass is 436 g/mol. The molecule has 1 aromatic carbocycles. The van der Waals surface area contributed by atoms with E-state index in [0.29, 0.717) is 0 Å². The fourth-order valence-corrected chi connectivity index (χ4v) is 4.46. The highest BCUT2D eigenvalue weighted by molar-refractivity contribution is 7.97. The third kappa shape index (κ3) is 4.67. The van der Waals surface area contributed by atoms with Crippen LogP contribution in [0, 0.1) is 5.92 Å². The molecule has 3 aliphatic rings. The molecule has 160 valence electrons. The molecule has 8 nitrogen and oxygen atoms in total. The number of aliphatic imine (C=N–C) groups is 1. The van der Waals surface area contributed by atoms with Crippen LogP contribution in [0.5, 0.6) is 0 Å². The number of anilines is 2. The van der Waals surface area contributed by atoms with Gasteiger partial charge in [0.15, 0.2) is 5.82 Å². The van der Waals surface area contributed by atoms with E-state index in [2.05, 4.69) is 49.3 Å². The van der Waals surface area contributed by atoms with Gasteiger partial charge < -0.3 is 5.32 Å². The Kier molecular flexibility index (Phi) is 5.52. The number of nitrogens with zero attached hydrogens (tertiary/aromatic N) is 3. The molecule has 1 fully saturated rings. The zero-order valence-corrected chi connectivity index (χ0v) is 18.2. The van der Waals surface area contributed by atoms with Crippen molar-refractivity contribution in [2.75, 3.05) is 17.2 Å². The van der Waals surface area contributed by atoms with Gasteiger partial charge in [-0.25, -0.2) is 9.89 Å². The minimum absolute atomic E-state index is 0.130. The molecule has 2 aliphatic heterocycles. The Labute approximate surface area is 185 Å². The number of hydrogen-bond acceptors (Lipinski definition) is 6. The van der Waals surface area contributed by atoms with Crippen molar-refractivity contribution in [3.05, 3.63) is 60.4 Å². The lowest BCUT2D eigenvalue weighted by Gasteiger charge is -2.27. The highest BCUT2D eigenvalue weighted by atomic mass is 32.2. The Balaban J connectivity index is 1.27. The third-order valence-electron chi connectivity index (χ3n) is 5.36. The van der Waals surface area contributed by atoms with Crippen molar-refractivity contribution >= 4 is 35.2 Å². The summed E-state index contributed by atoms with van der Waals surface area (Å²) >= 11 is 1.64. The van der Waals surface area contributed by atoms with E-state index in [1.54, 1.807) is 11.9 Å². The molecule has 1 aromatic heterocycles. The van der Waals surface area contributed by atoms with Crippen LogP contribution in [-0.4, -0.2) is 32.8 Å². The smallest absolute Gasteiger partial charge is 0.233 e. The van der Waals surface area contributed by atoms with E-state index in [0.717, 1.165) is 70.9 Å². The van der Waals surface area contributed by atoms with Gasteiger partial charge in [0, 0.05) is 28.3 Å². The average Bonchev–Trinajstić information content (AvgIpc) is 3.36. The molecule has 1 saturated carbocycles. The molecule has 4 N–H and O–H groups in total. The molecule has 1 amide bonds. The molecular formula is C22H26N7OS+. The number of quaternary nitrogens is 1. The molecule has 31 heavy (non-hydrogen) atoms. The normalized spacial score (nSPS) is 19.6. The van der Waals surface area contributed by atoms with Crippen molar-refractivity contribution in [1.82, 2.24) is 14.5 Å². The highest BCUT2D eigenvalue weighted by Gasteiger charge is 2.32. The maximum Gasteiger partial charge on any atom is 0.233 e. The topological polar surface area (TPSA) is 89.8 Å². The maximum atomic E-state index is 11.9. The number of carbonyl (C=O) groups is 1. The van der Waals surface area contributed by atoms with Crippen molar-refractivity contribution in [1.29, 1.82) is 0 Å². The van der Waals surface area contributed by atoms with Crippen LogP contribution < -0.4 is 15.5 Å². The number of carbonyl (C=O) groups excluding carboxylic acids is 1. The second kappa shape index (κ2) is 8.60. The number of hydrogen-bond donors (Lipinski definition) is 4. The number of H-pyrrole nitrogens is 1. The third-order valence-corrected chi connectivity index (χ3v) is 6.31. The number of benzene rings is 1. The second-order valence-electron chi connectivity index (χ2n) is 7.96. The molecule has 1 atom stereocenters. The first kappa shape index (κ1) is 19.9. The zero-order chi connectivity index (χ0) is 21.2. The Hall–Kier alpha value is -3.04. The van der Waals surface area contributed by atoms with Gasteiger partial charge in [0.05, 0.1) is 12.4 Å². The lowest BCUT2D eigenvalue weighted by atomic mass is 10.2. The lowest BCUT2D eigenvalue weighted by Crippen LogP contribution is -3.10. The number of aromatic amines is 1. The molecular weight excluding hydrogens is 410 g/mol. The number of aromatic nitrogens is 2. The predicted octanol–water partition coefficient (Wildman–Crippen LogP) is 2.71. The van der Waals surface area contributed by atoms with Gasteiger partial charge in [-0.15, -0.1) is 0 Å². The summed E-state index contributed by atoms with van der Waals surface area (Å²) in [5.41, 5.74) is 1.97. The van der Waals surface area contributed by atoms with Gasteiger partial charge in [0.1, 0.15) is 12.7 Å². The summed E-state index contributed by atoms with van der Waals surface area (Å²) in [7, 11) is 0. The van der Waals surface area contributed by atoms with Crippen LogP contribution in [0.4, 0.5) is 11.5 Å². The first-order chi connectivity index (χ1) is 15.2. The van der Waals surface area contributed by atoms with E-state index in [1.807, 2.05) is 36.7 Å². The van der Waals surface area contributed by atoms with Crippen LogP contribution in [0.15, 0.2) is 64.6 Å². The summed E-state index contributed by atoms with van der Waals surface area (Å²) in [6, 6.07) is 10.0. The molecule has 1 aliphatic carbocycles. The molecule has 1 unspecified atom stereocenters. The van der Waals surface area contributed by atoms with Crippen molar-refractivity contribution < 1.29 is 9.69 Å². The predicted molar refractivity (Wildman–Crippen MR) is 122 cm³/mol. The van der Waals surface area contributed by atoms with Gasteiger partial charge >= 0.3 is 0 Å². The SMILES string of the molecule is CCCc1cc(NC2=CN(Sc3ccc(NC(=O)C4CC4)cc3)CC3=NC=C[NH+]23)n[nH]1. The van der Waals surface area contributed by atoms with Crippen LogP contribution in [0.1, 0.15) is 31.9 Å². The number of fused-ring (bicyclic) bond motifs is 1. The van der Waals surface area contributed by atoms with Crippen LogP contribution >= 0.6 is 11.9 Å². The minimum atomic E-state index is 0.130. The summed E-state index contributed by atoms with van der Waals surface area (Å²) < 4.78 is 2.16. The Morgan fingerprint density at radius 2 is 2.16 bits per heavy atom. The fraction of sp³-hybridized carbons (Fsp3) is 0.318. The van der Waals surface area contributed by atoms with Gasteiger partial charge in [0.25, 0.3) is 0 Å². The molecule has 9 heteroatoms. The molecule has 5 rings (SSSR count).